The number of benzene rings is 1. The van der Waals surface area contributed by atoms with E-state index in [0.29, 0.717) is 19.1 Å². The Bertz CT molecular complexity index is 441. The molecule has 1 amide bonds. The predicted molar refractivity (Wildman–Crippen MR) is 86.7 cm³/mol. The minimum atomic E-state index is -0.130. The third-order valence-corrected chi connectivity index (χ3v) is 3.94. The molecule has 1 aromatic carbocycles. The van der Waals surface area contributed by atoms with Crippen molar-refractivity contribution in [3.63, 3.8) is 0 Å². The maximum atomic E-state index is 12.4. The highest BCUT2D eigenvalue weighted by Gasteiger charge is 2.33. The summed E-state index contributed by atoms with van der Waals surface area (Å²) in [5.74, 6) is 1.29. The number of likely N-dealkylation sites (tertiary alicyclic amines) is 1. The van der Waals surface area contributed by atoms with Gasteiger partial charge < -0.3 is 15.4 Å². The van der Waals surface area contributed by atoms with Crippen molar-refractivity contribution in [2.24, 2.45) is 17.6 Å². The molecule has 21 heavy (non-hydrogen) atoms. The Balaban J connectivity index is 0.00000220. The molecule has 1 heterocycles. The molecule has 1 aliphatic heterocycles. The molecule has 0 aliphatic carbocycles. The summed E-state index contributed by atoms with van der Waals surface area (Å²) in [6.07, 6.45) is 1.01. The third-order valence-electron chi connectivity index (χ3n) is 3.94. The molecule has 5 heteroatoms. The molecule has 1 fully saturated rings. The van der Waals surface area contributed by atoms with Gasteiger partial charge in [0, 0.05) is 12.6 Å². The molecule has 0 spiro atoms. The van der Waals surface area contributed by atoms with Crippen LogP contribution in [0.4, 0.5) is 0 Å². The summed E-state index contributed by atoms with van der Waals surface area (Å²) >= 11 is 0. The molecule has 0 aromatic heterocycles. The summed E-state index contributed by atoms with van der Waals surface area (Å²) in [5, 5.41) is 0. The van der Waals surface area contributed by atoms with Gasteiger partial charge in [0.25, 0.3) is 0 Å². The number of halogens is 1. The van der Waals surface area contributed by atoms with Crippen molar-refractivity contribution in [3.8, 4) is 5.75 Å². The predicted octanol–water partition coefficient (Wildman–Crippen LogP) is 2.32. The molecule has 4 nitrogen and oxygen atoms in total. The van der Waals surface area contributed by atoms with Crippen LogP contribution in [0.3, 0.4) is 0 Å². The van der Waals surface area contributed by atoms with Crippen molar-refractivity contribution in [2.75, 3.05) is 19.7 Å². The molecule has 3 unspecified atom stereocenters. The molecule has 1 aromatic rings. The summed E-state index contributed by atoms with van der Waals surface area (Å²) in [4.78, 5) is 14.4. The van der Waals surface area contributed by atoms with E-state index in [2.05, 4.69) is 6.92 Å². The first kappa shape index (κ1) is 17.8. The molecular formula is C16H25ClN2O2. The number of rotatable bonds is 5. The molecular weight excluding hydrogens is 288 g/mol. The van der Waals surface area contributed by atoms with E-state index in [1.807, 2.05) is 42.2 Å². The Morgan fingerprint density at radius 2 is 2.10 bits per heavy atom. The molecule has 118 valence electrons. The van der Waals surface area contributed by atoms with Crippen LogP contribution in [0, 0.1) is 11.8 Å². The van der Waals surface area contributed by atoms with Crippen molar-refractivity contribution in [3.05, 3.63) is 30.3 Å². The largest absolute Gasteiger partial charge is 0.493 e. The first-order valence-electron chi connectivity index (χ1n) is 7.30. The molecule has 2 rings (SSSR count). The zero-order chi connectivity index (χ0) is 14.5. The van der Waals surface area contributed by atoms with Crippen LogP contribution in [-0.4, -0.2) is 36.5 Å². The monoisotopic (exact) mass is 312 g/mol. The molecule has 2 N–H and O–H groups in total. The summed E-state index contributed by atoms with van der Waals surface area (Å²) < 4.78 is 5.66. The van der Waals surface area contributed by atoms with Gasteiger partial charge in [-0.15, -0.1) is 12.4 Å². The lowest BCUT2D eigenvalue weighted by atomic mass is 10.1. The number of hydrogen-bond donors (Lipinski definition) is 1. The highest BCUT2D eigenvalue weighted by atomic mass is 35.5. The topological polar surface area (TPSA) is 55.6 Å². The van der Waals surface area contributed by atoms with Crippen LogP contribution in [0.25, 0.3) is 0 Å². The number of nitrogens with two attached hydrogens (primary N) is 1. The normalized spacial score (nSPS) is 22.5. The molecule has 1 saturated heterocycles. The summed E-state index contributed by atoms with van der Waals surface area (Å²) in [6, 6.07) is 9.89. The van der Waals surface area contributed by atoms with Crippen LogP contribution in [0.5, 0.6) is 5.75 Å². The summed E-state index contributed by atoms with van der Waals surface area (Å²) in [6.45, 7) is 5.88. The Morgan fingerprint density at radius 1 is 1.43 bits per heavy atom. The van der Waals surface area contributed by atoms with Crippen LogP contribution in [0.15, 0.2) is 30.3 Å². The lowest BCUT2D eigenvalue weighted by Gasteiger charge is -2.25. The van der Waals surface area contributed by atoms with Crippen molar-refractivity contribution in [2.45, 2.75) is 26.3 Å². The first-order valence-corrected chi connectivity index (χ1v) is 7.30. The molecule has 1 aliphatic rings. The number of nitrogens with zero attached hydrogens (tertiary/aromatic N) is 1. The van der Waals surface area contributed by atoms with E-state index < -0.39 is 0 Å². The van der Waals surface area contributed by atoms with E-state index in [0.717, 1.165) is 18.7 Å². The van der Waals surface area contributed by atoms with Gasteiger partial charge in [-0.3, -0.25) is 4.79 Å². The van der Waals surface area contributed by atoms with Gasteiger partial charge in [0.1, 0.15) is 5.75 Å². The Morgan fingerprint density at radius 3 is 2.67 bits per heavy atom. The van der Waals surface area contributed by atoms with E-state index in [9.17, 15) is 4.79 Å². The first-order chi connectivity index (χ1) is 9.61. The second-order valence-corrected chi connectivity index (χ2v) is 5.70. The van der Waals surface area contributed by atoms with Gasteiger partial charge in [-0.1, -0.05) is 25.1 Å². The Labute approximate surface area is 133 Å². The number of amides is 1. The van der Waals surface area contributed by atoms with Gasteiger partial charge in [-0.05, 0) is 37.9 Å². The second-order valence-electron chi connectivity index (χ2n) is 5.70. The zero-order valence-electron chi connectivity index (χ0n) is 12.7. The lowest BCUT2D eigenvalue weighted by molar-refractivity contribution is -0.136. The average molecular weight is 313 g/mol. The fraction of sp³-hybridized carbons (Fsp3) is 0.562. The van der Waals surface area contributed by atoms with E-state index in [1.54, 1.807) is 0 Å². The van der Waals surface area contributed by atoms with Crippen LogP contribution in [-0.2, 0) is 4.79 Å². The summed E-state index contributed by atoms with van der Waals surface area (Å²) in [5.41, 5.74) is 5.71. The van der Waals surface area contributed by atoms with E-state index in [4.69, 9.17) is 10.5 Å². The average Bonchev–Trinajstić information content (AvgIpc) is 2.86. The van der Waals surface area contributed by atoms with Crippen LogP contribution >= 0.6 is 12.4 Å². The van der Waals surface area contributed by atoms with Crippen molar-refractivity contribution < 1.29 is 9.53 Å². The van der Waals surface area contributed by atoms with Gasteiger partial charge in [-0.2, -0.15) is 0 Å². The van der Waals surface area contributed by atoms with Gasteiger partial charge >= 0.3 is 0 Å². The number of hydrogen-bond acceptors (Lipinski definition) is 3. The fourth-order valence-corrected chi connectivity index (χ4v) is 2.71. The second kappa shape index (κ2) is 8.25. The van der Waals surface area contributed by atoms with Gasteiger partial charge in [0.05, 0.1) is 12.5 Å². The number of para-hydroxylation sites is 1. The van der Waals surface area contributed by atoms with Crippen LogP contribution in [0.1, 0.15) is 20.3 Å². The zero-order valence-corrected chi connectivity index (χ0v) is 13.5. The van der Waals surface area contributed by atoms with Crippen LogP contribution in [0.2, 0.25) is 0 Å². The van der Waals surface area contributed by atoms with E-state index in [1.165, 1.54) is 0 Å². The lowest BCUT2D eigenvalue weighted by Crippen LogP contribution is -2.39. The quantitative estimate of drug-likeness (QED) is 0.908. The Kier molecular flexibility index (Phi) is 6.99. The molecule has 3 atom stereocenters. The number of carbonyl (C=O) groups is 1. The number of carbonyl (C=O) groups excluding carboxylic acids is 1. The Hall–Kier alpha value is -1.26. The highest BCUT2D eigenvalue weighted by molar-refractivity contribution is 5.85. The maximum absolute atomic E-state index is 12.4. The van der Waals surface area contributed by atoms with Gasteiger partial charge in [0.15, 0.2) is 0 Å². The van der Waals surface area contributed by atoms with Crippen molar-refractivity contribution in [1.82, 2.24) is 4.90 Å². The van der Waals surface area contributed by atoms with Gasteiger partial charge in [-0.25, -0.2) is 0 Å². The van der Waals surface area contributed by atoms with Crippen LogP contribution < -0.4 is 10.5 Å². The maximum Gasteiger partial charge on any atom is 0.229 e. The minimum absolute atomic E-state index is 0. The summed E-state index contributed by atoms with van der Waals surface area (Å²) in [7, 11) is 0. The van der Waals surface area contributed by atoms with E-state index >= 15 is 0 Å². The highest BCUT2D eigenvalue weighted by Crippen LogP contribution is 2.24. The molecule has 0 radical (unpaired) electrons. The SMILES string of the molecule is CC(COc1ccccc1)C(=O)N1CC(CN)CC1C.Cl. The van der Waals surface area contributed by atoms with Crippen molar-refractivity contribution >= 4 is 18.3 Å². The standard InChI is InChI=1S/C16H24N2O2.ClH/c1-12(11-20-15-6-4-3-5-7-15)16(19)18-10-14(9-17)8-13(18)2;/h3-7,12-14H,8-11,17H2,1-2H3;1H. The number of ether oxygens (including phenoxy) is 1. The van der Waals surface area contributed by atoms with Crippen molar-refractivity contribution in [1.29, 1.82) is 0 Å². The smallest absolute Gasteiger partial charge is 0.229 e. The third kappa shape index (κ3) is 4.61. The fourth-order valence-electron chi connectivity index (χ4n) is 2.71. The van der Waals surface area contributed by atoms with Gasteiger partial charge in [0.2, 0.25) is 5.91 Å². The molecule has 0 bridgehead atoms. The molecule has 0 saturated carbocycles. The van der Waals surface area contributed by atoms with E-state index in [-0.39, 0.29) is 30.3 Å². The minimum Gasteiger partial charge on any atom is -0.493 e.